The molecule has 3 heteroatoms. The van der Waals surface area contributed by atoms with Crippen molar-refractivity contribution in [1.82, 2.24) is 4.98 Å². The quantitative estimate of drug-likeness (QED) is 0.583. The van der Waals surface area contributed by atoms with E-state index in [0.29, 0.717) is 0 Å². The van der Waals surface area contributed by atoms with E-state index in [1.54, 1.807) is 12.1 Å². The van der Waals surface area contributed by atoms with Crippen LogP contribution in [0.1, 0.15) is 26.3 Å². The van der Waals surface area contributed by atoms with E-state index in [9.17, 15) is 4.39 Å². The monoisotopic (exact) mass is 285 g/mol. The van der Waals surface area contributed by atoms with E-state index >= 15 is 0 Å². The lowest BCUT2D eigenvalue weighted by Crippen LogP contribution is -2.10. The fourth-order valence-electron chi connectivity index (χ4n) is 2.13. The molecule has 102 valence electrons. The molecule has 0 N–H and O–H groups in total. The Kier molecular flexibility index (Phi) is 3.09. The maximum absolute atomic E-state index is 13.2. The van der Waals surface area contributed by atoms with E-state index in [1.165, 1.54) is 23.0 Å². The second-order valence-corrected chi connectivity index (χ2v) is 6.99. The first kappa shape index (κ1) is 13.3. The van der Waals surface area contributed by atoms with Crippen LogP contribution in [-0.4, -0.2) is 4.98 Å². The molecule has 1 aromatic heterocycles. The molecule has 0 aliphatic rings. The molecule has 0 aliphatic heterocycles. The fraction of sp³-hybridized carbons (Fsp3) is 0.235. The second kappa shape index (κ2) is 4.67. The van der Waals surface area contributed by atoms with Gasteiger partial charge in [-0.3, -0.25) is 0 Å². The zero-order valence-electron chi connectivity index (χ0n) is 11.8. The smallest absolute Gasteiger partial charge is 0.124 e. The lowest BCUT2D eigenvalue weighted by atomic mass is 9.87. The van der Waals surface area contributed by atoms with Gasteiger partial charge in [-0.05, 0) is 29.2 Å². The number of benzene rings is 2. The van der Waals surface area contributed by atoms with E-state index < -0.39 is 0 Å². The molecule has 0 radical (unpaired) electrons. The highest BCUT2D eigenvalue weighted by molar-refractivity contribution is 7.21. The van der Waals surface area contributed by atoms with Gasteiger partial charge in [-0.1, -0.05) is 45.0 Å². The minimum atomic E-state index is -0.212. The molecule has 1 heterocycles. The highest BCUT2D eigenvalue weighted by Gasteiger charge is 2.14. The number of halogens is 1. The average Bonchev–Trinajstić information content (AvgIpc) is 2.80. The van der Waals surface area contributed by atoms with Crippen molar-refractivity contribution in [3.8, 4) is 10.6 Å². The summed E-state index contributed by atoms with van der Waals surface area (Å²) in [5, 5.41) is 0.936. The Balaban J connectivity index is 2.02. The molecule has 3 aromatic rings. The van der Waals surface area contributed by atoms with Gasteiger partial charge < -0.3 is 0 Å². The summed E-state index contributed by atoms with van der Waals surface area (Å²) in [7, 11) is 0. The van der Waals surface area contributed by atoms with Gasteiger partial charge in [-0.2, -0.15) is 0 Å². The summed E-state index contributed by atoms with van der Waals surface area (Å²) >= 11 is 1.53. The molecule has 20 heavy (non-hydrogen) atoms. The Morgan fingerprint density at radius 3 is 2.35 bits per heavy atom. The highest BCUT2D eigenvalue weighted by atomic mass is 32.1. The Bertz CT molecular complexity index is 751. The van der Waals surface area contributed by atoms with Crippen molar-refractivity contribution in [2.45, 2.75) is 26.2 Å². The van der Waals surface area contributed by atoms with E-state index in [0.717, 1.165) is 20.8 Å². The summed E-state index contributed by atoms with van der Waals surface area (Å²) in [5.41, 5.74) is 3.38. The van der Waals surface area contributed by atoms with E-state index in [1.807, 2.05) is 0 Å². The molecular weight excluding hydrogens is 269 g/mol. The molecule has 2 aromatic carbocycles. The van der Waals surface area contributed by atoms with Gasteiger partial charge in [-0.15, -0.1) is 11.3 Å². The lowest BCUT2D eigenvalue weighted by molar-refractivity contribution is 0.590. The number of fused-ring (bicyclic) bond motifs is 1. The van der Waals surface area contributed by atoms with Gasteiger partial charge in [0.05, 0.1) is 10.2 Å². The maximum atomic E-state index is 13.2. The number of rotatable bonds is 1. The van der Waals surface area contributed by atoms with Crippen molar-refractivity contribution < 1.29 is 4.39 Å². The Hall–Kier alpha value is -1.74. The summed E-state index contributed by atoms with van der Waals surface area (Å²) in [6, 6.07) is 13.2. The molecule has 1 nitrogen and oxygen atoms in total. The van der Waals surface area contributed by atoms with Gasteiger partial charge in [-0.25, -0.2) is 9.37 Å². The van der Waals surface area contributed by atoms with Crippen LogP contribution in [0.2, 0.25) is 0 Å². The van der Waals surface area contributed by atoms with Gasteiger partial charge in [0.25, 0.3) is 0 Å². The van der Waals surface area contributed by atoms with Gasteiger partial charge in [0.1, 0.15) is 10.8 Å². The molecular formula is C17H16FNS. The van der Waals surface area contributed by atoms with Crippen LogP contribution in [0.25, 0.3) is 20.8 Å². The van der Waals surface area contributed by atoms with Crippen LogP contribution >= 0.6 is 11.3 Å². The molecule has 0 spiro atoms. The normalized spacial score (nSPS) is 12.0. The van der Waals surface area contributed by atoms with E-state index in [4.69, 9.17) is 0 Å². The topological polar surface area (TPSA) is 12.9 Å². The van der Waals surface area contributed by atoms with Gasteiger partial charge in [0, 0.05) is 5.56 Å². The molecule has 0 aliphatic carbocycles. The van der Waals surface area contributed by atoms with Gasteiger partial charge in [0.15, 0.2) is 0 Å². The van der Waals surface area contributed by atoms with Crippen molar-refractivity contribution in [3.05, 3.63) is 53.8 Å². The third-order valence-electron chi connectivity index (χ3n) is 3.35. The minimum absolute atomic E-state index is 0.148. The molecule has 3 rings (SSSR count). The number of thiazole rings is 1. The first-order valence-corrected chi connectivity index (χ1v) is 7.42. The standard InChI is InChI=1S/C17H16FNS/c1-17(2,3)12-6-4-11(5-7-12)16-19-14-9-8-13(18)10-15(14)20-16/h4-10H,1-3H3. The first-order chi connectivity index (χ1) is 9.43. The number of hydrogen-bond acceptors (Lipinski definition) is 2. The molecule has 0 saturated carbocycles. The number of hydrogen-bond donors (Lipinski definition) is 0. The summed E-state index contributed by atoms with van der Waals surface area (Å²) in [6.07, 6.45) is 0. The number of nitrogens with zero attached hydrogens (tertiary/aromatic N) is 1. The SMILES string of the molecule is CC(C)(C)c1ccc(-c2nc3ccc(F)cc3s2)cc1. The van der Waals surface area contributed by atoms with E-state index in [-0.39, 0.29) is 11.2 Å². The molecule has 0 saturated heterocycles. The lowest BCUT2D eigenvalue weighted by Gasteiger charge is -2.18. The van der Waals surface area contributed by atoms with Crippen LogP contribution in [0.4, 0.5) is 4.39 Å². The van der Waals surface area contributed by atoms with Crippen molar-refractivity contribution in [1.29, 1.82) is 0 Å². The molecule has 0 fully saturated rings. The predicted molar refractivity (Wildman–Crippen MR) is 83.7 cm³/mol. The molecule has 0 atom stereocenters. The van der Waals surface area contributed by atoms with Crippen LogP contribution < -0.4 is 0 Å². The fourth-order valence-corrected chi connectivity index (χ4v) is 3.13. The average molecular weight is 285 g/mol. The van der Waals surface area contributed by atoms with Gasteiger partial charge in [0.2, 0.25) is 0 Å². The highest BCUT2D eigenvalue weighted by Crippen LogP contribution is 2.32. The van der Waals surface area contributed by atoms with Crippen molar-refractivity contribution >= 4 is 21.6 Å². The summed E-state index contributed by atoms with van der Waals surface area (Å²) in [5.74, 6) is -0.212. The summed E-state index contributed by atoms with van der Waals surface area (Å²) in [6.45, 7) is 6.59. The van der Waals surface area contributed by atoms with Crippen LogP contribution in [0.3, 0.4) is 0 Å². The zero-order chi connectivity index (χ0) is 14.3. The summed E-state index contributed by atoms with van der Waals surface area (Å²) in [4.78, 5) is 4.57. The minimum Gasteiger partial charge on any atom is -0.236 e. The zero-order valence-corrected chi connectivity index (χ0v) is 12.6. The number of aromatic nitrogens is 1. The van der Waals surface area contributed by atoms with Gasteiger partial charge >= 0.3 is 0 Å². The first-order valence-electron chi connectivity index (χ1n) is 6.60. The Morgan fingerprint density at radius 2 is 1.70 bits per heavy atom. The Labute approximate surface area is 122 Å². The maximum Gasteiger partial charge on any atom is 0.124 e. The predicted octanol–water partition coefficient (Wildman–Crippen LogP) is 5.40. The summed E-state index contributed by atoms with van der Waals surface area (Å²) < 4.78 is 14.1. The largest absolute Gasteiger partial charge is 0.236 e. The van der Waals surface area contributed by atoms with E-state index in [2.05, 4.69) is 50.0 Å². The second-order valence-electron chi connectivity index (χ2n) is 5.96. The molecule has 0 bridgehead atoms. The third kappa shape index (κ3) is 2.46. The van der Waals surface area contributed by atoms with Crippen molar-refractivity contribution in [2.75, 3.05) is 0 Å². The molecule has 0 unspecified atom stereocenters. The molecule has 0 amide bonds. The third-order valence-corrected chi connectivity index (χ3v) is 4.42. The van der Waals surface area contributed by atoms with Crippen molar-refractivity contribution in [3.63, 3.8) is 0 Å². The van der Waals surface area contributed by atoms with Crippen molar-refractivity contribution in [2.24, 2.45) is 0 Å². The van der Waals surface area contributed by atoms with Crippen LogP contribution in [0.5, 0.6) is 0 Å². The van der Waals surface area contributed by atoms with Crippen LogP contribution in [0.15, 0.2) is 42.5 Å². The van der Waals surface area contributed by atoms with Crippen LogP contribution in [-0.2, 0) is 5.41 Å². The van der Waals surface area contributed by atoms with Crippen LogP contribution in [0, 0.1) is 5.82 Å². The Morgan fingerprint density at radius 1 is 1.00 bits per heavy atom.